The van der Waals surface area contributed by atoms with Gasteiger partial charge in [0.2, 0.25) is 0 Å². The van der Waals surface area contributed by atoms with Gasteiger partial charge in [-0.3, -0.25) is 0 Å². The average molecular weight is 217 g/mol. The van der Waals surface area contributed by atoms with Crippen molar-refractivity contribution in [3.05, 3.63) is 47.7 Å². The summed E-state index contributed by atoms with van der Waals surface area (Å²) in [5.74, 6) is -0.144. The number of carbonyl (C=O) groups excluding carboxylic acids is 1. The quantitative estimate of drug-likeness (QED) is 0.825. The van der Waals surface area contributed by atoms with E-state index >= 15 is 0 Å². The van der Waals surface area contributed by atoms with Gasteiger partial charge in [-0.25, -0.2) is 0 Å². The van der Waals surface area contributed by atoms with E-state index < -0.39 is 5.97 Å². The highest BCUT2D eigenvalue weighted by atomic mass is 16.4. The Morgan fingerprint density at radius 3 is 2.38 bits per heavy atom. The lowest BCUT2D eigenvalue weighted by molar-refractivity contribution is -0.255. The summed E-state index contributed by atoms with van der Waals surface area (Å²) in [4.78, 5) is 10.5. The molecule has 0 radical (unpaired) electrons. The molecule has 1 aromatic heterocycles. The fourth-order valence-corrected chi connectivity index (χ4v) is 1.39. The van der Waals surface area contributed by atoms with Crippen molar-refractivity contribution in [3.63, 3.8) is 0 Å². The molecular formula is C12H9O4-. The molecule has 16 heavy (non-hydrogen) atoms. The summed E-state index contributed by atoms with van der Waals surface area (Å²) in [6.45, 7) is -0.156. The van der Waals surface area contributed by atoms with E-state index in [-0.39, 0.29) is 12.2 Å². The normalized spacial score (nSPS) is 10.3. The smallest absolute Gasteiger partial charge is 0.134 e. The molecule has 0 aliphatic rings. The molecule has 1 heterocycles. The van der Waals surface area contributed by atoms with Crippen LogP contribution in [0.15, 0.2) is 40.8 Å². The van der Waals surface area contributed by atoms with Crippen LogP contribution in [0.4, 0.5) is 0 Å². The van der Waals surface area contributed by atoms with Gasteiger partial charge in [0.15, 0.2) is 0 Å². The van der Waals surface area contributed by atoms with E-state index in [9.17, 15) is 9.90 Å². The molecule has 2 rings (SSSR count). The summed E-state index contributed by atoms with van der Waals surface area (Å²) in [6, 6.07) is 9.55. The van der Waals surface area contributed by atoms with Gasteiger partial charge in [-0.1, -0.05) is 24.3 Å². The highest BCUT2D eigenvalue weighted by molar-refractivity contribution is 5.86. The molecule has 0 saturated carbocycles. The number of benzene rings is 1. The van der Waals surface area contributed by atoms with Gasteiger partial charge in [0.25, 0.3) is 0 Å². The maximum absolute atomic E-state index is 10.5. The molecular weight excluding hydrogens is 208 g/mol. The standard InChI is InChI=1S/C12H10O4/c13-7-10-5-6-11(16-10)8-1-3-9(4-2-8)12(14)15/h1-6,13H,7H2,(H,14,15)/p-1. The van der Waals surface area contributed by atoms with Crippen LogP contribution >= 0.6 is 0 Å². The SMILES string of the molecule is O=C([O-])c1ccc(-c2ccc(CO)o2)cc1. The molecule has 4 heteroatoms. The van der Waals surface area contributed by atoms with Crippen molar-refractivity contribution in [2.45, 2.75) is 6.61 Å². The minimum atomic E-state index is -1.21. The Balaban J connectivity index is 2.30. The van der Waals surface area contributed by atoms with Crippen LogP contribution in [-0.2, 0) is 6.61 Å². The first-order chi connectivity index (χ1) is 7.70. The Kier molecular flexibility index (Phi) is 2.74. The van der Waals surface area contributed by atoms with Gasteiger partial charge in [-0.05, 0) is 17.7 Å². The third kappa shape index (κ3) is 1.97. The van der Waals surface area contributed by atoms with Crippen LogP contribution in [0.1, 0.15) is 16.1 Å². The van der Waals surface area contributed by atoms with Crippen LogP contribution in [0.3, 0.4) is 0 Å². The molecule has 0 saturated heterocycles. The van der Waals surface area contributed by atoms with Crippen molar-refractivity contribution >= 4 is 5.97 Å². The minimum Gasteiger partial charge on any atom is -0.545 e. The van der Waals surface area contributed by atoms with E-state index in [1.807, 2.05) is 0 Å². The summed E-state index contributed by atoms with van der Waals surface area (Å²) < 4.78 is 5.31. The minimum absolute atomic E-state index is 0.123. The number of hydrogen-bond donors (Lipinski definition) is 1. The first kappa shape index (κ1) is 10.4. The zero-order chi connectivity index (χ0) is 11.5. The molecule has 0 spiro atoms. The second kappa shape index (κ2) is 4.20. The van der Waals surface area contributed by atoms with Crippen LogP contribution < -0.4 is 5.11 Å². The number of carbonyl (C=O) groups is 1. The molecule has 1 N–H and O–H groups in total. The summed E-state index contributed by atoms with van der Waals surface area (Å²) in [5, 5.41) is 19.4. The molecule has 0 aliphatic carbocycles. The molecule has 0 bridgehead atoms. The first-order valence-corrected chi connectivity index (χ1v) is 4.72. The second-order valence-corrected chi connectivity index (χ2v) is 3.29. The first-order valence-electron chi connectivity index (χ1n) is 4.72. The Labute approximate surface area is 91.8 Å². The largest absolute Gasteiger partial charge is 0.545 e. The second-order valence-electron chi connectivity index (χ2n) is 3.29. The molecule has 0 unspecified atom stereocenters. The van der Waals surface area contributed by atoms with Crippen molar-refractivity contribution in [3.8, 4) is 11.3 Å². The Hall–Kier alpha value is -2.07. The number of aromatic carboxylic acids is 1. The fourth-order valence-electron chi connectivity index (χ4n) is 1.39. The predicted molar refractivity (Wildman–Crippen MR) is 54.4 cm³/mol. The molecule has 0 atom stereocenters. The van der Waals surface area contributed by atoms with Gasteiger partial charge in [0.1, 0.15) is 18.1 Å². The van der Waals surface area contributed by atoms with E-state index in [1.165, 1.54) is 12.1 Å². The zero-order valence-electron chi connectivity index (χ0n) is 8.34. The van der Waals surface area contributed by atoms with Crippen molar-refractivity contribution in [2.75, 3.05) is 0 Å². The number of carboxylic acids is 1. The zero-order valence-corrected chi connectivity index (χ0v) is 8.34. The monoisotopic (exact) mass is 217 g/mol. The van der Waals surface area contributed by atoms with Crippen molar-refractivity contribution < 1.29 is 19.4 Å². The van der Waals surface area contributed by atoms with Gasteiger partial charge >= 0.3 is 0 Å². The molecule has 0 amide bonds. The molecule has 4 nitrogen and oxygen atoms in total. The van der Waals surface area contributed by atoms with Crippen molar-refractivity contribution in [1.82, 2.24) is 0 Å². The number of furan rings is 1. The van der Waals surface area contributed by atoms with Crippen LogP contribution in [0.2, 0.25) is 0 Å². The third-order valence-electron chi connectivity index (χ3n) is 2.22. The maximum Gasteiger partial charge on any atom is 0.134 e. The number of hydrogen-bond acceptors (Lipinski definition) is 4. The van der Waals surface area contributed by atoms with E-state index in [2.05, 4.69) is 0 Å². The highest BCUT2D eigenvalue weighted by Gasteiger charge is 2.04. The Morgan fingerprint density at radius 2 is 1.88 bits per heavy atom. The van der Waals surface area contributed by atoms with E-state index in [0.29, 0.717) is 11.5 Å². The van der Waals surface area contributed by atoms with Crippen molar-refractivity contribution in [2.24, 2.45) is 0 Å². The topological polar surface area (TPSA) is 73.5 Å². The molecule has 0 aliphatic heterocycles. The molecule has 82 valence electrons. The molecule has 2 aromatic rings. The van der Waals surface area contributed by atoms with Gasteiger partial charge in [0, 0.05) is 5.56 Å². The number of rotatable bonds is 3. The van der Waals surface area contributed by atoms with Gasteiger partial charge in [-0.15, -0.1) is 0 Å². The lowest BCUT2D eigenvalue weighted by Crippen LogP contribution is -2.21. The van der Waals surface area contributed by atoms with Crippen molar-refractivity contribution in [1.29, 1.82) is 0 Å². The van der Waals surface area contributed by atoms with Crippen LogP contribution in [-0.4, -0.2) is 11.1 Å². The number of carboxylic acid groups (broad SMARTS) is 1. The number of aliphatic hydroxyl groups excluding tert-OH is 1. The van der Waals surface area contributed by atoms with Crippen LogP contribution in [0, 0.1) is 0 Å². The Bertz CT molecular complexity index is 496. The summed E-state index contributed by atoms with van der Waals surface area (Å²) in [6.07, 6.45) is 0. The van der Waals surface area contributed by atoms with E-state index in [4.69, 9.17) is 9.52 Å². The van der Waals surface area contributed by atoms with E-state index in [0.717, 1.165) is 5.56 Å². The molecule has 1 aromatic carbocycles. The predicted octanol–water partition coefficient (Wildman–Crippen LogP) is 0.802. The Morgan fingerprint density at radius 1 is 1.19 bits per heavy atom. The summed E-state index contributed by atoms with van der Waals surface area (Å²) in [5.41, 5.74) is 0.877. The summed E-state index contributed by atoms with van der Waals surface area (Å²) in [7, 11) is 0. The highest BCUT2D eigenvalue weighted by Crippen LogP contribution is 2.22. The van der Waals surface area contributed by atoms with Gasteiger partial charge in [-0.2, -0.15) is 0 Å². The fraction of sp³-hybridized carbons (Fsp3) is 0.0833. The average Bonchev–Trinajstić information content (AvgIpc) is 2.77. The van der Waals surface area contributed by atoms with Gasteiger partial charge in [0.05, 0.1) is 5.97 Å². The number of aliphatic hydroxyl groups is 1. The van der Waals surface area contributed by atoms with Gasteiger partial charge < -0.3 is 19.4 Å². The third-order valence-corrected chi connectivity index (χ3v) is 2.22. The summed E-state index contributed by atoms with van der Waals surface area (Å²) >= 11 is 0. The molecule has 0 fully saturated rings. The lowest BCUT2D eigenvalue weighted by atomic mass is 10.1. The van der Waals surface area contributed by atoms with E-state index in [1.54, 1.807) is 24.3 Å². The lowest BCUT2D eigenvalue weighted by Gasteiger charge is -2.02. The van der Waals surface area contributed by atoms with Crippen LogP contribution in [0.25, 0.3) is 11.3 Å². The maximum atomic E-state index is 10.5. The van der Waals surface area contributed by atoms with Crippen LogP contribution in [0.5, 0.6) is 0 Å².